The molecule has 2 N–H and O–H groups in total. The van der Waals surface area contributed by atoms with Crippen LogP contribution >= 0.6 is 18.0 Å². The Labute approximate surface area is 146 Å². The molecule has 3 nitrogen and oxygen atoms in total. The van der Waals surface area contributed by atoms with Crippen molar-refractivity contribution in [2.75, 3.05) is 12.0 Å². The molecule has 0 amide bonds. The molecule has 1 atom stereocenters. The van der Waals surface area contributed by atoms with Crippen LogP contribution in [0, 0.1) is 0 Å². The Morgan fingerprint density at radius 3 is 2.00 bits per heavy atom. The first-order valence-electron chi connectivity index (χ1n) is 7.29. The molecule has 23 heavy (non-hydrogen) atoms. The summed E-state index contributed by atoms with van der Waals surface area (Å²) < 4.78 is 0. The molecule has 0 aliphatic carbocycles. The van der Waals surface area contributed by atoms with Crippen LogP contribution in [0.2, 0.25) is 0 Å². The van der Waals surface area contributed by atoms with Gasteiger partial charge in [-0.3, -0.25) is 9.88 Å². The number of hydrogen-bond acceptors (Lipinski definition) is 3. The molecular weight excluding hydrogens is 345 g/mol. The summed E-state index contributed by atoms with van der Waals surface area (Å²) in [4.78, 5) is 11.6. The highest BCUT2D eigenvalue weighted by molar-refractivity contribution is 8.21. The van der Waals surface area contributed by atoms with Crippen molar-refractivity contribution in [3.05, 3.63) is 60.7 Å². The lowest BCUT2D eigenvalue weighted by Crippen LogP contribution is -2.40. The molecule has 0 bridgehead atoms. The van der Waals surface area contributed by atoms with Crippen molar-refractivity contribution in [3.8, 4) is 0 Å². The molecule has 0 aliphatic heterocycles. The van der Waals surface area contributed by atoms with Crippen LogP contribution in [-0.2, 0) is 16.6 Å². The van der Waals surface area contributed by atoms with Crippen molar-refractivity contribution < 1.29 is 9.90 Å². The Bertz CT molecular complexity index is 636. The van der Waals surface area contributed by atoms with Gasteiger partial charge in [0, 0.05) is 10.6 Å². The van der Waals surface area contributed by atoms with Crippen LogP contribution in [0.5, 0.6) is 0 Å². The third-order valence-electron chi connectivity index (χ3n) is 3.49. The van der Waals surface area contributed by atoms with Gasteiger partial charge < -0.3 is 5.11 Å². The molecule has 0 saturated carbocycles. The minimum Gasteiger partial charge on any atom is -0.480 e. The van der Waals surface area contributed by atoms with E-state index in [1.807, 2.05) is 66.9 Å². The highest BCUT2D eigenvalue weighted by Gasteiger charge is 2.28. The van der Waals surface area contributed by atoms with Gasteiger partial charge in [0.25, 0.3) is 0 Å². The number of rotatable bonds is 8. The molecule has 122 valence electrons. The van der Waals surface area contributed by atoms with Crippen molar-refractivity contribution in [2.24, 2.45) is 0 Å². The van der Waals surface area contributed by atoms with Crippen LogP contribution in [0.4, 0.5) is 0 Å². The van der Waals surface area contributed by atoms with Gasteiger partial charge in [-0.25, -0.2) is 0 Å². The summed E-state index contributed by atoms with van der Waals surface area (Å²) in [6, 6.07) is 18.9. The average Bonchev–Trinajstić information content (AvgIpc) is 2.59. The summed E-state index contributed by atoms with van der Waals surface area (Å²) in [6.07, 6.45) is 0.145. The Kier molecular flexibility index (Phi) is 6.85. The number of carboxylic acid groups (broad SMARTS) is 1. The predicted octanol–water partition coefficient (Wildman–Crippen LogP) is 2.83. The van der Waals surface area contributed by atoms with Gasteiger partial charge in [0.2, 0.25) is 0 Å². The molecular formula is C17H20NO2PS2. The fourth-order valence-corrected chi connectivity index (χ4v) is 6.31. The van der Waals surface area contributed by atoms with Gasteiger partial charge >= 0.3 is 5.97 Å². The third kappa shape index (κ3) is 4.67. The van der Waals surface area contributed by atoms with Gasteiger partial charge in [0.1, 0.15) is 6.04 Å². The molecule has 0 aliphatic rings. The van der Waals surface area contributed by atoms with Crippen molar-refractivity contribution in [3.63, 3.8) is 0 Å². The highest BCUT2D eigenvalue weighted by Crippen LogP contribution is 2.40. The fraction of sp³-hybridized carbons (Fsp3) is 0.235. The summed E-state index contributed by atoms with van der Waals surface area (Å²) >= 11 is 7.65. The summed E-state index contributed by atoms with van der Waals surface area (Å²) in [5.74, 6) is -0.0665. The van der Waals surface area contributed by atoms with E-state index in [9.17, 15) is 9.90 Å². The minimum absolute atomic E-state index is 0.550. The summed E-state index contributed by atoms with van der Waals surface area (Å²) in [5.41, 5.74) is 0. The maximum Gasteiger partial charge on any atom is 0.321 e. The zero-order chi connectivity index (χ0) is 16.7. The van der Waals surface area contributed by atoms with E-state index in [1.54, 1.807) is 11.8 Å². The standard InChI is InChI=1S/C17H20NO2PS2/c1-23-13-12-16(17(19)20)18-21(22,14-8-4-2-5-9-14)15-10-6-3-7-11-15/h2-11,16H,12-13H2,1H3,(H,18,22)(H,19,20). The SMILES string of the molecule is CSCCC(NP(=S)(c1ccccc1)c1ccccc1)C(=O)O. The van der Waals surface area contributed by atoms with Crippen LogP contribution in [0.3, 0.4) is 0 Å². The summed E-state index contributed by atoms with van der Waals surface area (Å²) in [6.45, 7) is 0. The number of hydrogen-bond donors (Lipinski definition) is 2. The Morgan fingerprint density at radius 2 is 1.61 bits per heavy atom. The molecule has 2 rings (SSSR count). The number of aliphatic carboxylic acids is 1. The Balaban J connectivity index is 2.42. The zero-order valence-electron chi connectivity index (χ0n) is 12.9. The second-order valence-electron chi connectivity index (χ2n) is 5.08. The van der Waals surface area contributed by atoms with Crippen LogP contribution in [0.1, 0.15) is 6.42 Å². The van der Waals surface area contributed by atoms with E-state index in [0.717, 1.165) is 16.4 Å². The average molecular weight is 365 g/mol. The van der Waals surface area contributed by atoms with Crippen LogP contribution in [0.15, 0.2) is 60.7 Å². The molecule has 1 unspecified atom stereocenters. The zero-order valence-corrected chi connectivity index (χ0v) is 15.4. The van der Waals surface area contributed by atoms with E-state index in [2.05, 4.69) is 5.09 Å². The van der Waals surface area contributed by atoms with Gasteiger partial charge in [-0.2, -0.15) is 11.8 Å². The molecule has 2 aromatic carbocycles. The maximum atomic E-state index is 11.6. The molecule has 0 saturated heterocycles. The Hall–Kier alpha value is -1.13. The molecule has 6 heteroatoms. The molecule has 0 fully saturated rings. The lowest BCUT2D eigenvalue weighted by atomic mass is 10.2. The quantitative estimate of drug-likeness (QED) is 0.705. The fourth-order valence-electron chi connectivity index (χ4n) is 2.27. The molecule has 0 spiro atoms. The first-order valence-corrected chi connectivity index (χ1v) is 11.5. The van der Waals surface area contributed by atoms with E-state index in [-0.39, 0.29) is 0 Å². The van der Waals surface area contributed by atoms with Crippen LogP contribution in [0.25, 0.3) is 0 Å². The van der Waals surface area contributed by atoms with Gasteiger partial charge in [0.05, 0.1) is 6.19 Å². The van der Waals surface area contributed by atoms with Gasteiger partial charge in [-0.1, -0.05) is 72.5 Å². The monoisotopic (exact) mass is 365 g/mol. The number of carboxylic acids is 1. The largest absolute Gasteiger partial charge is 0.480 e. The summed E-state index contributed by atoms with van der Waals surface area (Å²) in [7, 11) is 0. The number of carbonyl (C=O) groups is 1. The first kappa shape index (κ1) is 18.2. The number of nitrogens with one attached hydrogen (secondary N) is 1. The van der Waals surface area contributed by atoms with Gasteiger partial charge in [-0.15, -0.1) is 0 Å². The topological polar surface area (TPSA) is 49.3 Å². The van der Waals surface area contributed by atoms with Crippen molar-refractivity contribution in [2.45, 2.75) is 12.5 Å². The van der Waals surface area contributed by atoms with Crippen LogP contribution in [-0.4, -0.2) is 29.1 Å². The minimum atomic E-state index is -2.38. The molecule has 2 aromatic rings. The van der Waals surface area contributed by atoms with E-state index in [0.29, 0.717) is 6.42 Å². The predicted molar refractivity (Wildman–Crippen MR) is 104 cm³/mol. The van der Waals surface area contributed by atoms with Gasteiger partial charge in [-0.05, 0) is 18.4 Å². The maximum absolute atomic E-state index is 11.6. The Morgan fingerprint density at radius 1 is 1.13 bits per heavy atom. The van der Waals surface area contributed by atoms with Crippen LogP contribution < -0.4 is 15.7 Å². The van der Waals surface area contributed by atoms with Crippen molar-refractivity contribution in [1.82, 2.24) is 5.09 Å². The molecule has 0 aromatic heterocycles. The van der Waals surface area contributed by atoms with E-state index >= 15 is 0 Å². The second kappa shape index (κ2) is 8.65. The highest BCUT2D eigenvalue weighted by atomic mass is 32.4. The number of thioether (sulfide) groups is 1. The van der Waals surface area contributed by atoms with E-state index < -0.39 is 18.2 Å². The smallest absolute Gasteiger partial charge is 0.321 e. The van der Waals surface area contributed by atoms with Crippen molar-refractivity contribution >= 4 is 46.3 Å². The normalized spacial score (nSPS) is 12.7. The van der Waals surface area contributed by atoms with Gasteiger partial charge in [0.15, 0.2) is 0 Å². The summed E-state index contributed by atoms with van der Waals surface area (Å²) in [5, 5.41) is 14.8. The lowest BCUT2D eigenvalue weighted by Gasteiger charge is -2.28. The number of benzene rings is 2. The molecule has 0 heterocycles. The van der Waals surface area contributed by atoms with E-state index in [4.69, 9.17) is 11.8 Å². The van der Waals surface area contributed by atoms with Crippen molar-refractivity contribution in [1.29, 1.82) is 0 Å². The second-order valence-corrected chi connectivity index (χ2v) is 10.2. The van der Waals surface area contributed by atoms with E-state index in [1.165, 1.54) is 0 Å². The lowest BCUT2D eigenvalue weighted by molar-refractivity contribution is -0.138. The first-order chi connectivity index (χ1) is 11.1. The molecule has 0 radical (unpaired) electrons. The third-order valence-corrected chi connectivity index (χ3v) is 8.44.